The Balaban J connectivity index is 1.98. The Morgan fingerprint density at radius 1 is 1.20 bits per heavy atom. The molecule has 0 saturated carbocycles. The molecule has 0 N–H and O–H groups in total. The Morgan fingerprint density at radius 3 is 2.67 bits per heavy atom. The summed E-state index contributed by atoms with van der Waals surface area (Å²) in [6.45, 7) is 0.592. The van der Waals surface area contributed by atoms with Gasteiger partial charge in [0.15, 0.2) is 0 Å². The summed E-state index contributed by atoms with van der Waals surface area (Å²) in [5.41, 5.74) is 0.556. The molecule has 0 spiro atoms. The molecule has 0 aliphatic carbocycles. The highest BCUT2D eigenvalue weighted by molar-refractivity contribution is 5.89. The number of hydroxylamine groups is 2. The van der Waals surface area contributed by atoms with Gasteiger partial charge in [-0.1, -0.05) is 30.4 Å². The summed E-state index contributed by atoms with van der Waals surface area (Å²) in [6, 6.07) is 8.93. The summed E-state index contributed by atoms with van der Waals surface area (Å²) < 4.78 is 0. The molecule has 1 aromatic rings. The maximum absolute atomic E-state index is 11.6. The second kappa shape index (κ2) is 4.46. The molecule has 0 aromatic heterocycles. The van der Waals surface area contributed by atoms with Crippen molar-refractivity contribution in [3.63, 3.8) is 0 Å². The monoisotopic (exact) mass is 201 g/mol. The molecule has 0 bridgehead atoms. The first-order valence-electron chi connectivity index (χ1n) is 4.73. The molecule has 1 aliphatic rings. The summed E-state index contributed by atoms with van der Waals surface area (Å²) in [6.07, 6.45) is 7.37. The maximum Gasteiger partial charge on any atom is 0.363 e. The van der Waals surface area contributed by atoms with Gasteiger partial charge in [0.1, 0.15) is 0 Å². The second-order valence-corrected chi connectivity index (χ2v) is 3.11. The fourth-order valence-electron chi connectivity index (χ4n) is 1.25. The van der Waals surface area contributed by atoms with Crippen LogP contribution in [0.4, 0.5) is 0 Å². The van der Waals surface area contributed by atoms with Crippen molar-refractivity contribution >= 4 is 5.97 Å². The molecule has 0 radical (unpaired) electrons. The van der Waals surface area contributed by atoms with E-state index in [4.69, 9.17) is 4.84 Å². The predicted octanol–water partition coefficient (Wildman–Crippen LogP) is 2.14. The number of hydrogen-bond donors (Lipinski definition) is 0. The Hall–Kier alpha value is -2.03. The van der Waals surface area contributed by atoms with Crippen molar-refractivity contribution in [2.24, 2.45) is 0 Å². The number of nitrogens with zero attached hydrogens (tertiary/aromatic N) is 1. The van der Waals surface area contributed by atoms with Gasteiger partial charge in [-0.2, -0.15) is 0 Å². The number of benzene rings is 1. The summed E-state index contributed by atoms with van der Waals surface area (Å²) in [5, 5.41) is 1.50. The zero-order valence-corrected chi connectivity index (χ0v) is 8.17. The Bertz CT molecular complexity index is 395. The van der Waals surface area contributed by atoms with E-state index < -0.39 is 0 Å². The van der Waals surface area contributed by atoms with Crippen molar-refractivity contribution in [1.29, 1.82) is 0 Å². The summed E-state index contributed by atoms with van der Waals surface area (Å²) in [4.78, 5) is 16.7. The molecule has 3 heteroatoms. The zero-order chi connectivity index (χ0) is 10.5. The molecule has 0 fully saturated rings. The van der Waals surface area contributed by atoms with Crippen LogP contribution in [0.3, 0.4) is 0 Å². The highest BCUT2D eigenvalue weighted by atomic mass is 16.7. The third-order valence-electron chi connectivity index (χ3n) is 1.99. The summed E-state index contributed by atoms with van der Waals surface area (Å²) in [5.74, 6) is -0.337. The molecule has 76 valence electrons. The van der Waals surface area contributed by atoms with Crippen LogP contribution in [0.5, 0.6) is 0 Å². The van der Waals surface area contributed by atoms with Gasteiger partial charge in [0.25, 0.3) is 0 Å². The lowest BCUT2D eigenvalue weighted by Crippen LogP contribution is -2.23. The largest absolute Gasteiger partial charge is 0.363 e. The van der Waals surface area contributed by atoms with Crippen LogP contribution in [-0.2, 0) is 4.84 Å². The molecule has 0 saturated heterocycles. The van der Waals surface area contributed by atoms with Gasteiger partial charge < -0.3 is 4.84 Å². The molecule has 1 aliphatic heterocycles. The van der Waals surface area contributed by atoms with Crippen LogP contribution >= 0.6 is 0 Å². The summed E-state index contributed by atoms with van der Waals surface area (Å²) >= 11 is 0. The number of rotatable bonds is 2. The molecular formula is C12H11NO2. The van der Waals surface area contributed by atoms with Crippen LogP contribution in [0.1, 0.15) is 10.4 Å². The van der Waals surface area contributed by atoms with Crippen LogP contribution in [0, 0.1) is 0 Å². The SMILES string of the molecule is O=C(ON1C=CC=CC1)c1ccccc1. The van der Waals surface area contributed by atoms with Gasteiger partial charge in [0.05, 0.1) is 12.1 Å². The number of carbonyl (C=O) groups is 1. The van der Waals surface area contributed by atoms with Crippen molar-refractivity contribution in [3.05, 3.63) is 60.3 Å². The van der Waals surface area contributed by atoms with Crippen molar-refractivity contribution < 1.29 is 9.63 Å². The van der Waals surface area contributed by atoms with E-state index in [-0.39, 0.29) is 5.97 Å². The first-order chi connectivity index (χ1) is 7.36. The fraction of sp³-hybridized carbons (Fsp3) is 0.0833. The van der Waals surface area contributed by atoms with Gasteiger partial charge in [-0.15, -0.1) is 0 Å². The smallest absolute Gasteiger partial charge is 0.336 e. The molecule has 1 heterocycles. The molecule has 0 atom stereocenters. The average Bonchev–Trinajstić information content (AvgIpc) is 2.31. The van der Waals surface area contributed by atoms with E-state index >= 15 is 0 Å². The van der Waals surface area contributed by atoms with Gasteiger partial charge in [-0.25, -0.2) is 9.86 Å². The summed E-state index contributed by atoms with van der Waals surface area (Å²) in [7, 11) is 0. The van der Waals surface area contributed by atoms with Crippen LogP contribution in [0.15, 0.2) is 54.8 Å². The lowest BCUT2D eigenvalue weighted by molar-refractivity contribution is -0.0664. The second-order valence-electron chi connectivity index (χ2n) is 3.11. The first-order valence-corrected chi connectivity index (χ1v) is 4.73. The van der Waals surface area contributed by atoms with Crippen molar-refractivity contribution in [3.8, 4) is 0 Å². The van der Waals surface area contributed by atoms with Gasteiger partial charge in [-0.3, -0.25) is 0 Å². The normalized spacial score (nSPS) is 14.0. The van der Waals surface area contributed by atoms with Gasteiger partial charge in [0.2, 0.25) is 0 Å². The number of carbonyl (C=O) groups excluding carboxylic acids is 1. The van der Waals surface area contributed by atoms with Crippen LogP contribution < -0.4 is 0 Å². The van der Waals surface area contributed by atoms with Crippen molar-refractivity contribution in [2.45, 2.75) is 0 Å². The lowest BCUT2D eigenvalue weighted by atomic mass is 10.2. The Morgan fingerprint density at radius 2 is 2.00 bits per heavy atom. The van der Waals surface area contributed by atoms with E-state index in [0.717, 1.165) is 0 Å². The minimum Gasteiger partial charge on any atom is -0.336 e. The molecule has 15 heavy (non-hydrogen) atoms. The third-order valence-corrected chi connectivity index (χ3v) is 1.99. The Kier molecular flexibility index (Phi) is 2.83. The molecular weight excluding hydrogens is 190 g/mol. The molecule has 0 amide bonds. The molecule has 0 unspecified atom stereocenters. The zero-order valence-electron chi connectivity index (χ0n) is 8.17. The standard InChI is InChI=1S/C12H11NO2/c14-12(11-7-3-1-4-8-11)15-13-9-5-2-6-10-13/h1-9H,10H2. The molecule has 2 rings (SSSR count). The quantitative estimate of drug-likeness (QED) is 0.734. The third kappa shape index (κ3) is 2.47. The number of hydrogen-bond acceptors (Lipinski definition) is 3. The van der Waals surface area contributed by atoms with Gasteiger partial charge >= 0.3 is 5.97 Å². The molecule has 1 aromatic carbocycles. The van der Waals surface area contributed by atoms with Crippen LogP contribution in [-0.4, -0.2) is 17.6 Å². The minimum absolute atomic E-state index is 0.337. The average molecular weight is 201 g/mol. The van der Waals surface area contributed by atoms with Crippen molar-refractivity contribution in [2.75, 3.05) is 6.54 Å². The van der Waals surface area contributed by atoms with Gasteiger partial charge in [0, 0.05) is 6.20 Å². The van der Waals surface area contributed by atoms with E-state index in [1.54, 1.807) is 18.3 Å². The molecule has 3 nitrogen and oxygen atoms in total. The lowest BCUT2D eigenvalue weighted by Gasteiger charge is -2.18. The highest BCUT2D eigenvalue weighted by Gasteiger charge is 2.10. The number of allylic oxidation sites excluding steroid dienone is 2. The van der Waals surface area contributed by atoms with Crippen LogP contribution in [0.25, 0.3) is 0 Å². The fourth-order valence-corrected chi connectivity index (χ4v) is 1.25. The van der Waals surface area contributed by atoms with Crippen molar-refractivity contribution in [1.82, 2.24) is 5.06 Å². The van der Waals surface area contributed by atoms with E-state index in [1.165, 1.54) is 5.06 Å². The van der Waals surface area contributed by atoms with E-state index in [0.29, 0.717) is 12.1 Å². The predicted molar refractivity (Wildman–Crippen MR) is 56.8 cm³/mol. The Labute approximate surface area is 88.2 Å². The van der Waals surface area contributed by atoms with E-state index in [9.17, 15) is 4.79 Å². The van der Waals surface area contributed by atoms with Crippen LogP contribution in [0.2, 0.25) is 0 Å². The maximum atomic E-state index is 11.6. The minimum atomic E-state index is -0.337. The highest BCUT2D eigenvalue weighted by Crippen LogP contribution is 2.05. The topological polar surface area (TPSA) is 29.5 Å². The van der Waals surface area contributed by atoms with E-state index in [1.807, 2.05) is 36.4 Å². The van der Waals surface area contributed by atoms with E-state index in [2.05, 4.69) is 0 Å². The van der Waals surface area contributed by atoms with Gasteiger partial charge in [-0.05, 0) is 18.2 Å². The first kappa shape index (κ1) is 9.52.